The van der Waals surface area contributed by atoms with Crippen LogP contribution in [0.15, 0.2) is 50.1 Å². The fourth-order valence-electron chi connectivity index (χ4n) is 6.98. The second kappa shape index (κ2) is 17.9. The molecule has 1 saturated carbocycles. The summed E-state index contributed by atoms with van der Waals surface area (Å²) in [6.45, 7) is 15.4. The number of nitrogens with one attached hydrogen (secondary N) is 4. The molecule has 57 heavy (non-hydrogen) atoms. The van der Waals surface area contributed by atoms with Crippen molar-refractivity contribution in [1.29, 1.82) is 0 Å². The number of carbonyl (C=O) groups is 4. The second-order valence-electron chi connectivity index (χ2n) is 15.2. The van der Waals surface area contributed by atoms with Crippen molar-refractivity contribution < 1.29 is 33.0 Å². The van der Waals surface area contributed by atoms with Gasteiger partial charge in [-0.1, -0.05) is 20.1 Å². The molecular weight excluding hydrogens is 736 g/mol. The van der Waals surface area contributed by atoms with Gasteiger partial charge in [-0.2, -0.15) is 0 Å². The number of carbonyl (C=O) groups excluding carboxylic acids is 4. The van der Waals surface area contributed by atoms with Crippen LogP contribution in [0.4, 0.5) is 4.39 Å². The number of aromatic amines is 2. The molecule has 304 valence electrons. The van der Waals surface area contributed by atoms with Crippen LogP contribution >= 0.6 is 0 Å². The molecular formula is C40H51FN10O6. The molecule has 3 fully saturated rings. The van der Waals surface area contributed by atoms with Crippen molar-refractivity contribution in [3.05, 3.63) is 61.2 Å². The van der Waals surface area contributed by atoms with E-state index >= 15 is 0 Å². The van der Waals surface area contributed by atoms with Crippen molar-refractivity contribution in [2.24, 2.45) is 0 Å². The number of aromatic nitrogens is 6. The van der Waals surface area contributed by atoms with Crippen LogP contribution in [0.1, 0.15) is 92.9 Å². The van der Waals surface area contributed by atoms with Gasteiger partial charge in [-0.3, -0.25) is 19.2 Å². The number of amides is 4. The summed E-state index contributed by atoms with van der Waals surface area (Å²) < 4.78 is 25.3. The lowest BCUT2D eigenvalue weighted by atomic mass is 10.0. The zero-order chi connectivity index (χ0) is 40.7. The Bertz CT molecular complexity index is 2100. The van der Waals surface area contributed by atoms with Crippen molar-refractivity contribution in [3.63, 3.8) is 0 Å². The molecule has 6 heterocycles. The highest BCUT2D eigenvalue weighted by Crippen LogP contribution is 2.25. The number of nitrogens with zero attached hydrogens (tertiary/aromatic N) is 6. The van der Waals surface area contributed by atoms with E-state index in [0.717, 1.165) is 6.42 Å². The van der Waals surface area contributed by atoms with Crippen molar-refractivity contribution >= 4 is 46.0 Å². The van der Waals surface area contributed by atoms with E-state index in [0.29, 0.717) is 116 Å². The number of rotatable bonds is 11. The zero-order valence-corrected chi connectivity index (χ0v) is 32.7. The summed E-state index contributed by atoms with van der Waals surface area (Å²) in [5.41, 5.74) is 2.45. The zero-order valence-electron chi connectivity index (χ0n) is 32.7. The Morgan fingerprint density at radius 3 is 1.70 bits per heavy atom. The van der Waals surface area contributed by atoms with E-state index in [2.05, 4.69) is 53.7 Å². The Morgan fingerprint density at radius 1 is 0.807 bits per heavy atom. The first-order chi connectivity index (χ1) is 27.4. The maximum Gasteiger partial charge on any atom is 0.255 e. The van der Waals surface area contributed by atoms with Crippen LogP contribution in [-0.2, 0) is 9.59 Å². The smallest absolute Gasteiger partial charge is 0.255 e. The Labute approximate surface area is 330 Å². The first-order valence-corrected chi connectivity index (χ1v) is 19.5. The lowest BCUT2D eigenvalue weighted by molar-refractivity contribution is -0.128. The number of likely N-dealkylation sites (tertiary alicyclic amines) is 2. The Kier molecular flexibility index (Phi) is 12.8. The number of piperidine rings is 2. The summed E-state index contributed by atoms with van der Waals surface area (Å²) in [6.07, 6.45) is 13.0. The van der Waals surface area contributed by atoms with Gasteiger partial charge in [-0.15, -0.1) is 0 Å². The van der Waals surface area contributed by atoms with Crippen LogP contribution in [0, 0.1) is 0 Å². The number of alkyl halides is 1. The third-order valence-corrected chi connectivity index (χ3v) is 10.7. The van der Waals surface area contributed by atoms with E-state index in [1.165, 1.54) is 18.3 Å². The highest BCUT2D eigenvalue weighted by molar-refractivity contribution is 6.05. The molecule has 4 aromatic rings. The van der Waals surface area contributed by atoms with Crippen LogP contribution in [0.5, 0.6) is 11.8 Å². The van der Waals surface area contributed by atoms with Gasteiger partial charge in [0.25, 0.3) is 11.8 Å². The average molecular weight is 787 g/mol. The first-order valence-electron chi connectivity index (χ1n) is 19.5. The second-order valence-corrected chi connectivity index (χ2v) is 15.2. The highest BCUT2D eigenvalue weighted by atomic mass is 19.1. The van der Waals surface area contributed by atoms with Gasteiger partial charge in [0, 0.05) is 75.8 Å². The van der Waals surface area contributed by atoms with Crippen LogP contribution in [0.3, 0.4) is 0 Å². The molecule has 0 radical (unpaired) electrons. The van der Waals surface area contributed by atoms with Crippen LogP contribution in [0.2, 0.25) is 0 Å². The molecule has 0 unspecified atom stereocenters. The molecule has 16 nitrogen and oxygen atoms in total. The minimum absolute atomic E-state index is 0.0455. The van der Waals surface area contributed by atoms with Gasteiger partial charge in [0.1, 0.15) is 29.4 Å². The number of ether oxygens (including phenoxy) is 2. The molecule has 2 atom stereocenters. The molecule has 2 saturated heterocycles. The maximum absolute atomic E-state index is 13.4. The highest BCUT2D eigenvalue weighted by Gasteiger charge is 2.29. The Balaban J connectivity index is 0.000000193. The van der Waals surface area contributed by atoms with E-state index in [1.807, 2.05) is 20.8 Å². The van der Waals surface area contributed by atoms with Crippen LogP contribution in [0.25, 0.3) is 22.3 Å². The summed E-state index contributed by atoms with van der Waals surface area (Å²) in [6, 6.07) is -0.154. The average Bonchev–Trinajstić information content (AvgIpc) is 3.96. The van der Waals surface area contributed by atoms with Crippen molar-refractivity contribution in [3.8, 4) is 11.8 Å². The predicted molar refractivity (Wildman–Crippen MR) is 210 cm³/mol. The monoisotopic (exact) mass is 786 g/mol. The van der Waals surface area contributed by atoms with Gasteiger partial charge >= 0.3 is 0 Å². The first kappa shape index (κ1) is 40.8. The van der Waals surface area contributed by atoms with Gasteiger partial charge < -0.3 is 39.9 Å². The van der Waals surface area contributed by atoms with E-state index < -0.39 is 6.17 Å². The molecule has 4 N–H and O–H groups in total. The van der Waals surface area contributed by atoms with E-state index in [4.69, 9.17) is 9.47 Å². The summed E-state index contributed by atoms with van der Waals surface area (Å²) in [4.78, 5) is 75.6. The molecule has 7 rings (SSSR count). The number of hydrogen-bond acceptors (Lipinski definition) is 10. The lowest BCUT2D eigenvalue weighted by Gasteiger charge is -2.31. The number of fused-ring (bicyclic) bond motifs is 2. The minimum atomic E-state index is -0.851. The fourth-order valence-corrected chi connectivity index (χ4v) is 6.98. The van der Waals surface area contributed by atoms with Gasteiger partial charge in [0.15, 0.2) is 11.3 Å². The Morgan fingerprint density at radius 2 is 1.28 bits per heavy atom. The third-order valence-electron chi connectivity index (χ3n) is 10.7. The predicted octanol–water partition coefficient (Wildman–Crippen LogP) is 4.57. The molecule has 3 aliphatic rings. The quantitative estimate of drug-likeness (QED) is 0.156. The van der Waals surface area contributed by atoms with Crippen molar-refractivity contribution in [2.75, 3.05) is 26.2 Å². The van der Waals surface area contributed by atoms with Gasteiger partial charge in [-0.25, -0.2) is 24.3 Å². The minimum Gasteiger partial charge on any atom is -0.473 e. The molecule has 0 aromatic carbocycles. The third kappa shape index (κ3) is 10.1. The fraction of sp³-hybridized carbons (Fsp3) is 0.500. The summed E-state index contributed by atoms with van der Waals surface area (Å²) in [5, 5.41) is 5.88. The topological polar surface area (TPSA) is 200 Å². The van der Waals surface area contributed by atoms with Gasteiger partial charge in [0.05, 0.1) is 23.5 Å². The molecule has 17 heteroatoms. The SMILES string of the molecule is C=CC(=O)N1CCC(Oc2cnc3[nH]cc(C(=O)NC(C)(C)CC)c3n2)CC1.C=CC(=O)N1CCC(Oc2cnc3[nH]cc(C(=O)N[C@H]4CC[C@H](F)C4)c3n2)CC1. The number of hydrogen-bond donors (Lipinski definition) is 4. The van der Waals surface area contributed by atoms with E-state index in [9.17, 15) is 23.6 Å². The van der Waals surface area contributed by atoms with Crippen molar-refractivity contribution in [1.82, 2.24) is 50.3 Å². The molecule has 4 amide bonds. The molecule has 4 aromatic heterocycles. The van der Waals surface area contributed by atoms with Crippen LogP contribution < -0.4 is 20.1 Å². The lowest BCUT2D eigenvalue weighted by Crippen LogP contribution is -2.42. The molecule has 1 aliphatic carbocycles. The van der Waals surface area contributed by atoms with Crippen LogP contribution in [-0.4, -0.2) is 119 Å². The normalized spacial score (nSPS) is 19.1. The summed E-state index contributed by atoms with van der Waals surface area (Å²) in [7, 11) is 0. The largest absolute Gasteiger partial charge is 0.473 e. The Hall–Kier alpha value is -5.87. The van der Waals surface area contributed by atoms with Gasteiger partial charge in [-0.05, 0) is 51.7 Å². The maximum atomic E-state index is 13.4. The number of halogens is 1. The summed E-state index contributed by atoms with van der Waals surface area (Å²) >= 11 is 0. The standard InChI is InChI=1S/C20H24FN5O3.C20H27N5O3/c1-2-17(27)26-7-5-14(6-8-26)29-16-11-23-19-18(25-16)15(10-22-19)20(28)24-13-4-3-12(21)9-13;1-5-16(26)25-9-7-13(8-10-25)28-15-12-22-18-17(23-15)14(11-21-18)19(27)24-20(3,4)6-2/h2,10-14H,1,3-9H2,(H,22,23)(H,24,28);5,11-13H,1,6-10H2,2-4H3,(H,21,22)(H,24,27)/t12-,13-;/m0./s1. The molecule has 2 aliphatic heterocycles. The van der Waals surface area contributed by atoms with Crippen molar-refractivity contribution in [2.45, 2.75) is 102 Å². The van der Waals surface area contributed by atoms with E-state index in [1.54, 1.807) is 28.4 Å². The molecule has 0 spiro atoms. The summed E-state index contributed by atoms with van der Waals surface area (Å²) in [5.74, 6) is 0.0965. The van der Waals surface area contributed by atoms with E-state index in [-0.39, 0.29) is 47.4 Å². The van der Waals surface area contributed by atoms with Gasteiger partial charge in [0.2, 0.25) is 23.6 Å². The number of H-pyrrole nitrogens is 2. The molecule has 0 bridgehead atoms.